The van der Waals surface area contributed by atoms with Crippen molar-refractivity contribution in [2.75, 3.05) is 13.2 Å². The molecule has 0 radical (unpaired) electrons. The summed E-state index contributed by atoms with van der Waals surface area (Å²) in [5.74, 6) is 0. The fourth-order valence-electron chi connectivity index (χ4n) is 3.43. The van der Waals surface area contributed by atoms with Crippen molar-refractivity contribution in [3.8, 4) is 0 Å². The highest BCUT2D eigenvalue weighted by molar-refractivity contribution is 7.09. The summed E-state index contributed by atoms with van der Waals surface area (Å²) in [5.41, 5.74) is 0.00688. The van der Waals surface area contributed by atoms with Crippen LogP contribution in [-0.2, 0) is 11.2 Å². The lowest BCUT2D eigenvalue weighted by atomic mass is 9.84. The van der Waals surface area contributed by atoms with Crippen LogP contribution >= 0.6 is 11.3 Å². The van der Waals surface area contributed by atoms with Crippen molar-refractivity contribution in [1.29, 1.82) is 0 Å². The Bertz CT molecular complexity index is 359. The molecule has 0 saturated heterocycles. The van der Waals surface area contributed by atoms with Gasteiger partial charge in [0.2, 0.25) is 0 Å². The smallest absolute Gasteiger partial charge is 0.0941 e. The lowest BCUT2D eigenvalue weighted by Gasteiger charge is -2.40. The monoisotopic (exact) mass is 296 g/mol. The van der Waals surface area contributed by atoms with Crippen molar-refractivity contribution >= 4 is 11.3 Å². The average Bonchev–Trinajstić information content (AvgIpc) is 2.84. The molecule has 1 heterocycles. The number of rotatable bonds is 7. The van der Waals surface area contributed by atoms with Crippen molar-refractivity contribution in [3.63, 3.8) is 0 Å². The van der Waals surface area contributed by atoms with E-state index in [-0.39, 0.29) is 5.60 Å². The molecule has 1 atom stereocenters. The Morgan fingerprint density at radius 2 is 2.05 bits per heavy atom. The van der Waals surface area contributed by atoms with Gasteiger partial charge in [-0.15, -0.1) is 11.3 Å². The third-order valence-electron chi connectivity index (χ3n) is 4.33. The molecule has 2 rings (SSSR count). The fourth-order valence-corrected chi connectivity index (χ4v) is 4.09. The largest absolute Gasteiger partial charge is 0.374 e. The molecular weight excluding hydrogens is 268 g/mol. The van der Waals surface area contributed by atoms with Crippen molar-refractivity contribution < 1.29 is 4.74 Å². The second-order valence-corrected chi connectivity index (χ2v) is 6.63. The molecule has 0 amide bonds. The third-order valence-corrected chi connectivity index (χ3v) is 5.13. The van der Waals surface area contributed by atoms with Crippen LogP contribution < -0.4 is 5.32 Å². The van der Waals surface area contributed by atoms with Gasteiger partial charge in [0.25, 0.3) is 0 Å². The number of thiazole rings is 1. The van der Waals surface area contributed by atoms with Crippen LogP contribution in [0.1, 0.15) is 57.4 Å². The van der Waals surface area contributed by atoms with Gasteiger partial charge in [0.05, 0.1) is 10.6 Å². The van der Waals surface area contributed by atoms with Gasteiger partial charge < -0.3 is 10.1 Å². The van der Waals surface area contributed by atoms with Crippen molar-refractivity contribution in [3.05, 3.63) is 16.6 Å². The highest BCUT2D eigenvalue weighted by Crippen LogP contribution is 2.35. The minimum absolute atomic E-state index is 0.00688. The molecule has 1 aliphatic rings. The van der Waals surface area contributed by atoms with Gasteiger partial charge in [-0.1, -0.05) is 32.6 Å². The van der Waals surface area contributed by atoms with Crippen LogP contribution in [-0.4, -0.2) is 29.8 Å². The van der Waals surface area contributed by atoms with Crippen LogP contribution in [0.2, 0.25) is 0 Å². The maximum Gasteiger partial charge on any atom is 0.0941 e. The summed E-state index contributed by atoms with van der Waals surface area (Å²) in [6.45, 7) is 6.11. The summed E-state index contributed by atoms with van der Waals surface area (Å²) in [5, 5.41) is 6.98. The first-order valence-corrected chi connectivity index (χ1v) is 8.94. The zero-order valence-corrected chi connectivity index (χ0v) is 13.7. The average molecular weight is 296 g/mol. The Kier molecular flexibility index (Phi) is 6.46. The first kappa shape index (κ1) is 15.9. The number of ether oxygens (including phenoxy) is 1. The predicted molar refractivity (Wildman–Crippen MR) is 85.3 cm³/mol. The molecule has 1 N–H and O–H groups in total. The van der Waals surface area contributed by atoms with E-state index in [1.807, 2.05) is 6.20 Å². The van der Waals surface area contributed by atoms with E-state index in [1.165, 1.54) is 43.5 Å². The van der Waals surface area contributed by atoms with Gasteiger partial charge in [0.15, 0.2) is 0 Å². The molecule has 20 heavy (non-hydrogen) atoms. The van der Waals surface area contributed by atoms with Crippen LogP contribution in [0.5, 0.6) is 0 Å². The summed E-state index contributed by atoms with van der Waals surface area (Å²) in [6, 6.07) is 0.386. The van der Waals surface area contributed by atoms with E-state index in [9.17, 15) is 0 Å². The molecular formula is C16H28N2OS. The van der Waals surface area contributed by atoms with Crippen molar-refractivity contribution in [2.24, 2.45) is 0 Å². The number of hydrogen-bond donors (Lipinski definition) is 1. The van der Waals surface area contributed by atoms with E-state index >= 15 is 0 Å². The summed E-state index contributed by atoms with van der Waals surface area (Å²) in [4.78, 5) is 4.47. The first-order valence-electron chi connectivity index (χ1n) is 8.06. The zero-order chi connectivity index (χ0) is 14.3. The standard InChI is InChI=1S/C16H28N2OS/c1-3-17-14(13-15-18-11-12-20-15)16(19-4-2)9-7-5-6-8-10-16/h11-12,14,17H,3-10,13H2,1-2H3. The molecule has 0 aliphatic heterocycles. The molecule has 1 aromatic rings. The lowest BCUT2D eigenvalue weighted by Crippen LogP contribution is -2.53. The quantitative estimate of drug-likeness (QED) is 0.777. The normalized spacial score (nSPS) is 20.5. The third kappa shape index (κ3) is 4.03. The Morgan fingerprint density at radius 1 is 1.30 bits per heavy atom. The number of nitrogens with zero attached hydrogens (tertiary/aromatic N) is 1. The molecule has 0 spiro atoms. The van der Waals surface area contributed by atoms with Gasteiger partial charge in [-0.05, 0) is 26.3 Å². The van der Waals surface area contributed by atoms with E-state index in [1.54, 1.807) is 11.3 Å². The maximum atomic E-state index is 6.33. The van der Waals surface area contributed by atoms with Crippen LogP contribution in [0.3, 0.4) is 0 Å². The summed E-state index contributed by atoms with van der Waals surface area (Å²) >= 11 is 1.76. The van der Waals surface area contributed by atoms with Crippen LogP contribution in [0.25, 0.3) is 0 Å². The van der Waals surface area contributed by atoms with Gasteiger partial charge in [0.1, 0.15) is 0 Å². The maximum absolute atomic E-state index is 6.33. The fraction of sp³-hybridized carbons (Fsp3) is 0.812. The Balaban J connectivity index is 2.16. The van der Waals surface area contributed by atoms with Crippen molar-refractivity contribution in [1.82, 2.24) is 10.3 Å². The molecule has 4 heteroatoms. The Morgan fingerprint density at radius 3 is 2.60 bits per heavy atom. The highest BCUT2D eigenvalue weighted by atomic mass is 32.1. The molecule has 1 aliphatic carbocycles. The van der Waals surface area contributed by atoms with Gasteiger partial charge in [0, 0.05) is 30.6 Å². The number of likely N-dealkylation sites (N-methyl/N-ethyl adjacent to an activating group) is 1. The van der Waals surface area contributed by atoms with Gasteiger partial charge in [-0.25, -0.2) is 4.98 Å². The molecule has 3 nitrogen and oxygen atoms in total. The Hall–Kier alpha value is -0.450. The van der Waals surface area contributed by atoms with Crippen LogP contribution in [0, 0.1) is 0 Å². The predicted octanol–water partition coefficient (Wildman–Crippen LogP) is 3.79. The van der Waals surface area contributed by atoms with E-state index < -0.39 is 0 Å². The molecule has 114 valence electrons. The summed E-state index contributed by atoms with van der Waals surface area (Å²) < 4.78 is 6.33. The van der Waals surface area contributed by atoms with E-state index in [2.05, 4.69) is 29.5 Å². The highest BCUT2D eigenvalue weighted by Gasteiger charge is 2.39. The number of hydrogen-bond acceptors (Lipinski definition) is 4. The van der Waals surface area contributed by atoms with E-state index in [0.717, 1.165) is 19.6 Å². The van der Waals surface area contributed by atoms with Gasteiger partial charge in [-0.2, -0.15) is 0 Å². The first-order chi connectivity index (χ1) is 9.80. The number of aromatic nitrogens is 1. The SMILES string of the molecule is CCNC(Cc1nccs1)C1(OCC)CCCCCC1. The minimum Gasteiger partial charge on any atom is -0.374 e. The molecule has 0 aromatic carbocycles. The summed E-state index contributed by atoms with van der Waals surface area (Å²) in [7, 11) is 0. The molecule has 1 fully saturated rings. The van der Waals surface area contributed by atoms with E-state index in [4.69, 9.17) is 4.74 Å². The van der Waals surface area contributed by atoms with Gasteiger partial charge >= 0.3 is 0 Å². The molecule has 0 bridgehead atoms. The molecule has 1 saturated carbocycles. The van der Waals surface area contributed by atoms with Crippen LogP contribution in [0.15, 0.2) is 11.6 Å². The van der Waals surface area contributed by atoms with E-state index in [0.29, 0.717) is 6.04 Å². The molecule has 1 aromatic heterocycles. The minimum atomic E-state index is 0.00688. The van der Waals surface area contributed by atoms with Gasteiger partial charge in [-0.3, -0.25) is 0 Å². The lowest BCUT2D eigenvalue weighted by molar-refractivity contribution is -0.0764. The Labute approximate surface area is 127 Å². The summed E-state index contributed by atoms with van der Waals surface area (Å²) in [6.07, 6.45) is 10.6. The van der Waals surface area contributed by atoms with Crippen molar-refractivity contribution in [2.45, 2.75) is 70.4 Å². The zero-order valence-electron chi connectivity index (χ0n) is 12.9. The topological polar surface area (TPSA) is 34.2 Å². The number of nitrogens with one attached hydrogen (secondary N) is 1. The van der Waals surface area contributed by atoms with Crippen LogP contribution in [0.4, 0.5) is 0 Å². The second-order valence-electron chi connectivity index (χ2n) is 5.65. The second kappa shape index (κ2) is 8.11. The molecule has 1 unspecified atom stereocenters.